The fourth-order valence-corrected chi connectivity index (χ4v) is 4.98. The molecular formula is C24H28O5. The first-order valence-electron chi connectivity index (χ1n) is 9.62. The van der Waals surface area contributed by atoms with Crippen LogP contribution in [0.1, 0.15) is 45.6 Å². The highest BCUT2D eigenvalue weighted by Gasteiger charge is 2.63. The number of benzene rings is 1. The van der Waals surface area contributed by atoms with E-state index in [1.807, 2.05) is 19.9 Å². The maximum atomic E-state index is 13.7. The summed E-state index contributed by atoms with van der Waals surface area (Å²) in [6, 6.07) is 3.17. The molecular weight excluding hydrogens is 368 g/mol. The lowest BCUT2D eigenvalue weighted by Gasteiger charge is -2.54. The van der Waals surface area contributed by atoms with Crippen molar-refractivity contribution in [2.45, 2.75) is 40.0 Å². The minimum atomic E-state index is -1.11. The summed E-state index contributed by atoms with van der Waals surface area (Å²) in [7, 11) is 3.00. The van der Waals surface area contributed by atoms with Gasteiger partial charge >= 0.3 is 0 Å². The van der Waals surface area contributed by atoms with Gasteiger partial charge in [0.2, 0.25) is 0 Å². The minimum absolute atomic E-state index is 0.0339. The van der Waals surface area contributed by atoms with Gasteiger partial charge in [-0.15, -0.1) is 0 Å². The highest BCUT2D eigenvalue weighted by molar-refractivity contribution is 6.17. The zero-order valence-corrected chi connectivity index (χ0v) is 17.9. The van der Waals surface area contributed by atoms with Gasteiger partial charge in [0.15, 0.2) is 11.6 Å². The average molecular weight is 396 g/mol. The molecule has 0 heterocycles. The lowest BCUT2D eigenvalue weighted by Crippen LogP contribution is -2.57. The van der Waals surface area contributed by atoms with Gasteiger partial charge in [0.25, 0.3) is 0 Å². The second-order valence-electron chi connectivity index (χ2n) is 8.25. The summed E-state index contributed by atoms with van der Waals surface area (Å²) >= 11 is 0. The van der Waals surface area contributed by atoms with E-state index in [9.17, 15) is 14.7 Å². The number of methoxy groups -OCH3 is 2. The maximum Gasteiger partial charge on any atom is 0.166 e. The molecule has 0 aromatic heterocycles. The van der Waals surface area contributed by atoms with Crippen molar-refractivity contribution in [3.63, 3.8) is 0 Å². The van der Waals surface area contributed by atoms with Crippen LogP contribution in [0.4, 0.5) is 0 Å². The fraction of sp³-hybridized carbons (Fsp3) is 0.417. The zero-order valence-electron chi connectivity index (χ0n) is 17.9. The first-order chi connectivity index (χ1) is 13.6. The zero-order chi connectivity index (χ0) is 21.7. The molecule has 3 atom stereocenters. The van der Waals surface area contributed by atoms with Crippen LogP contribution in [0.2, 0.25) is 0 Å². The smallest absolute Gasteiger partial charge is 0.166 e. The molecule has 5 nitrogen and oxygen atoms in total. The molecule has 0 radical (unpaired) electrons. The Morgan fingerprint density at radius 2 is 1.72 bits per heavy atom. The fourth-order valence-electron chi connectivity index (χ4n) is 4.98. The molecule has 154 valence electrons. The van der Waals surface area contributed by atoms with E-state index >= 15 is 0 Å². The Morgan fingerprint density at radius 1 is 1.10 bits per heavy atom. The van der Waals surface area contributed by atoms with Crippen LogP contribution in [0.5, 0.6) is 17.2 Å². The number of hydrogen-bond donors (Lipinski definition) is 1. The van der Waals surface area contributed by atoms with Crippen LogP contribution in [-0.4, -0.2) is 30.9 Å². The lowest BCUT2D eigenvalue weighted by molar-refractivity contribution is -0.147. The Labute approximate surface area is 171 Å². The van der Waals surface area contributed by atoms with E-state index < -0.39 is 16.7 Å². The summed E-state index contributed by atoms with van der Waals surface area (Å²) in [6.45, 7) is 11.0. The number of phenolic OH excluding ortho intramolecular Hbond substituents is 1. The molecule has 1 aromatic rings. The van der Waals surface area contributed by atoms with Crippen molar-refractivity contribution < 1.29 is 24.2 Å². The van der Waals surface area contributed by atoms with Crippen LogP contribution in [0, 0.1) is 10.8 Å². The molecule has 2 aliphatic carbocycles. The van der Waals surface area contributed by atoms with Crippen LogP contribution in [-0.2, 0) is 9.59 Å². The van der Waals surface area contributed by atoms with Gasteiger partial charge in [-0.3, -0.25) is 9.59 Å². The number of phenols is 1. The standard InChI is InChI=1S/C24H28O5/c1-8-15-9-10-23(4)21(26)13(2)14(3)22(27)24(23,5)20(15)19-17(25)11-16(28-6)12-18(19)29-7/h8-9,11-12,20,25H,1,10H2,2-7H3/t20-,23+,24-/m1/s1. The number of hydrogen-bond acceptors (Lipinski definition) is 5. The number of Topliss-reactive ketones (excluding diaryl/α,β-unsaturated/α-hetero) is 2. The third-order valence-electron chi connectivity index (χ3n) is 7.09. The molecule has 0 saturated carbocycles. The predicted octanol–water partition coefficient (Wildman–Crippen LogP) is 4.51. The van der Waals surface area contributed by atoms with Crippen LogP contribution in [0.3, 0.4) is 0 Å². The third kappa shape index (κ3) is 2.60. The van der Waals surface area contributed by atoms with Gasteiger partial charge in [-0.1, -0.05) is 32.6 Å². The molecule has 0 fully saturated rings. The van der Waals surface area contributed by atoms with Gasteiger partial charge < -0.3 is 14.6 Å². The van der Waals surface area contributed by atoms with Crippen LogP contribution in [0.15, 0.2) is 47.6 Å². The minimum Gasteiger partial charge on any atom is -0.507 e. The number of fused-ring (bicyclic) bond motifs is 1. The van der Waals surface area contributed by atoms with Crippen molar-refractivity contribution in [3.05, 3.63) is 53.1 Å². The molecule has 0 bridgehead atoms. The molecule has 0 aliphatic heterocycles. The highest BCUT2D eigenvalue weighted by atomic mass is 16.5. The summed E-state index contributed by atoms with van der Waals surface area (Å²) in [6.07, 6.45) is 4.06. The first kappa shape index (κ1) is 20.9. The Hall–Kier alpha value is -2.82. The average Bonchev–Trinajstić information content (AvgIpc) is 2.72. The highest BCUT2D eigenvalue weighted by Crippen LogP contribution is 2.64. The molecule has 2 aliphatic rings. The molecule has 1 aromatic carbocycles. The van der Waals surface area contributed by atoms with Gasteiger partial charge in [0.1, 0.15) is 17.2 Å². The second kappa shape index (κ2) is 6.90. The molecule has 0 unspecified atom stereocenters. The molecule has 5 heteroatoms. The summed E-state index contributed by atoms with van der Waals surface area (Å²) < 4.78 is 10.8. The number of ether oxygens (including phenoxy) is 2. The first-order valence-corrected chi connectivity index (χ1v) is 9.62. The van der Waals surface area contributed by atoms with Crippen LogP contribution in [0.25, 0.3) is 0 Å². The van der Waals surface area contributed by atoms with Crippen molar-refractivity contribution in [2.24, 2.45) is 10.8 Å². The number of rotatable bonds is 4. The Morgan fingerprint density at radius 3 is 2.28 bits per heavy atom. The SMILES string of the molecule is C=CC1=CC[C@@]2(C)C(=O)C(C)=C(C)C(=O)[C@@]2(C)[C@H]1c1c(O)cc(OC)cc1OC. The molecule has 0 spiro atoms. The lowest BCUT2D eigenvalue weighted by atomic mass is 9.45. The van der Waals surface area contributed by atoms with Crippen molar-refractivity contribution in [2.75, 3.05) is 14.2 Å². The van der Waals surface area contributed by atoms with Crippen molar-refractivity contribution in [1.29, 1.82) is 0 Å². The predicted molar refractivity (Wildman–Crippen MR) is 111 cm³/mol. The number of ketones is 2. The Bertz CT molecular complexity index is 983. The van der Waals surface area contributed by atoms with Crippen molar-refractivity contribution >= 4 is 11.6 Å². The molecule has 29 heavy (non-hydrogen) atoms. The van der Waals surface area contributed by atoms with Gasteiger partial charge in [-0.2, -0.15) is 0 Å². The number of carbonyl (C=O) groups is 2. The van der Waals surface area contributed by atoms with Gasteiger partial charge in [-0.25, -0.2) is 0 Å². The monoisotopic (exact) mass is 396 g/mol. The third-order valence-corrected chi connectivity index (χ3v) is 7.09. The van der Waals surface area contributed by atoms with E-state index in [-0.39, 0.29) is 17.3 Å². The Kier molecular flexibility index (Phi) is 4.98. The molecule has 3 rings (SSSR count). The van der Waals surface area contributed by atoms with E-state index in [2.05, 4.69) is 6.58 Å². The van der Waals surface area contributed by atoms with Crippen LogP contribution >= 0.6 is 0 Å². The Balaban J connectivity index is 2.40. The van der Waals surface area contributed by atoms with Gasteiger partial charge in [0, 0.05) is 29.0 Å². The number of aromatic hydroxyl groups is 1. The normalized spacial score (nSPS) is 29.3. The van der Waals surface area contributed by atoms with Crippen molar-refractivity contribution in [1.82, 2.24) is 0 Å². The topological polar surface area (TPSA) is 72.8 Å². The summed E-state index contributed by atoms with van der Waals surface area (Å²) in [4.78, 5) is 27.1. The van der Waals surface area contributed by atoms with E-state index in [4.69, 9.17) is 9.47 Å². The van der Waals surface area contributed by atoms with E-state index in [0.29, 0.717) is 34.6 Å². The van der Waals surface area contributed by atoms with E-state index in [1.165, 1.54) is 20.3 Å². The number of carbonyl (C=O) groups excluding carboxylic acids is 2. The molecule has 1 N–H and O–H groups in total. The van der Waals surface area contributed by atoms with E-state index in [1.54, 1.807) is 26.0 Å². The largest absolute Gasteiger partial charge is 0.507 e. The summed E-state index contributed by atoms with van der Waals surface area (Å²) in [5, 5.41) is 10.9. The quantitative estimate of drug-likeness (QED) is 0.811. The van der Waals surface area contributed by atoms with E-state index in [0.717, 1.165) is 5.57 Å². The number of allylic oxidation sites excluding steroid dienone is 5. The molecule has 0 saturated heterocycles. The maximum absolute atomic E-state index is 13.7. The van der Waals surface area contributed by atoms with Gasteiger partial charge in [-0.05, 0) is 37.0 Å². The summed E-state index contributed by atoms with van der Waals surface area (Å²) in [5.74, 6) is 0.0659. The van der Waals surface area contributed by atoms with Crippen molar-refractivity contribution in [3.8, 4) is 17.2 Å². The second-order valence-corrected chi connectivity index (χ2v) is 8.25. The van der Waals surface area contributed by atoms with Crippen LogP contribution < -0.4 is 9.47 Å². The molecule has 0 amide bonds. The van der Waals surface area contributed by atoms with Gasteiger partial charge in [0.05, 0.1) is 19.6 Å². The summed E-state index contributed by atoms with van der Waals surface area (Å²) in [5.41, 5.74) is 0.180.